The molecule has 0 atom stereocenters. The molecule has 2 aromatic carbocycles. The van der Waals surface area contributed by atoms with Crippen LogP contribution in [0.25, 0.3) is 5.76 Å². The second kappa shape index (κ2) is 6.57. The van der Waals surface area contributed by atoms with Crippen LogP contribution in [0.1, 0.15) is 21.5 Å². The van der Waals surface area contributed by atoms with Crippen LogP contribution in [0.3, 0.4) is 0 Å². The summed E-state index contributed by atoms with van der Waals surface area (Å²) in [6.07, 6.45) is 2.80. The number of sulfonamides is 1. The first-order chi connectivity index (χ1) is 11.9. The molecule has 0 radical (unpaired) electrons. The first-order valence-corrected chi connectivity index (χ1v) is 9.10. The molecule has 0 N–H and O–H groups in total. The number of nitrogens with zero attached hydrogens (tertiary/aromatic N) is 1. The largest absolute Gasteiger partial charge is 0.421 e. The van der Waals surface area contributed by atoms with Crippen molar-refractivity contribution < 1.29 is 17.9 Å². The lowest BCUT2D eigenvalue weighted by atomic mass is 10.1. The van der Waals surface area contributed by atoms with Gasteiger partial charge in [0.25, 0.3) is 10.0 Å². The number of hydrogen-bond acceptors (Lipinski definition) is 4. The van der Waals surface area contributed by atoms with Crippen LogP contribution in [0.15, 0.2) is 72.3 Å². The van der Waals surface area contributed by atoms with Crippen molar-refractivity contribution in [2.45, 2.75) is 11.8 Å². The average Bonchev–Trinajstić information content (AvgIpc) is 2.60. The van der Waals surface area contributed by atoms with E-state index in [4.69, 9.17) is 4.74 Å². The second-order valence-corrected chi connectivity index (χ2v) is 7.47. The van der Waals surface area contributed by atoms with Crippen LogP contribution >= 0.6 is 0 Å². The highest BCUT2D eigenvalue weighted by Crippen LogP contribution is 2.33. The van der Waals surface area contributed by atoms with E-state index in [-0.39, 0.29) is 17.2 Å². The molecule has 0 aliphatic carbocycles. The Kier molecular flexibility index (Phi) is 4.46. The molecule has 0 amide bonds. The maximum atomic E-state index is 12.6. The minimum Gasteiger partial charge on any atom is -0.421 e. The Morgan fingerprint density at radius 2 is 1.84 bits per heavy atom. The van der Waals surface area contributed by atoms with Gasteiger partial charge in [-0.3, -0.25) is 4.31 Å². The summed E-state index contributed by atoms with van der Waals surface area (Å²) in [6, 6.07) is 13.4. The van der Waals surface area contributed by atoms with Crippen molar-refractivity contribution in [3.05, 3.63) is 84.1 Å². The van der Waals surface area contributed by atoms with E-state index < -0.39 is 16.0 Å². The van der Waals surface area contributed by atoms with Gasteiger partial charge in [0.15, 0.2) is 5.76 Å². The van der Waals surface area contributed by atoms with Crippen LogP contribution in [-0.2, 0) is 14.8 Å². The zero-order chi connectivity index (χ0) is 18.0. The van der Waals surface area contributed by atoms with E-state index in [0.717, 1.165) is 9.87 Å². The van der Waals surface area contributed by atoms with Crippen LogP contribution in [0.5, 0.6) is 0 Å². The van der Waals surface area contributed by atoms with Gasteiger partial charge in [-0.15, -0.1) is 6.58 Å². The van der Waals surface area contributed by atoms with Crippen molar-refractivity contribution in [3.8, 4) is 0 Å². The second-order valence-electron chi connectivity index (χ2n) is 5.61. The van der Waals surface area contributed by atoms with Crippen molar-refractivity contribution in [1.29, 1.82) is 0 Å². The third-order valence-electron chi connectivity index (χ3n) is 3.80. The van der Waals surface area contributed by atoms with E-state index in [1.165, 1.54) is 18.3 Å². The summed E-state index contributed by atoms with van der Waals surface area (Å²) in [7, 11) is -3.69. The molecular formula is C19H17NO4S. The fourth-order valence-electron chi connectivity index (χ4n) is 2.50. The number of rotatable bonds is 4. The Labute approximate surface area is 146 Å². The zero-order valence-corrected chi connectivity index (χ0v) is 14.5. The minimum atomic E-state index is -3.69. The average molecular weight is 355 g/mol. The topological polar surface area (TPSA) is 63.7 Å². The first-order valence-electron chi connectivity index (χ1n) is 7.66. The highest BCUT2D eigenvalue weighted by atomic mass is 32.2. The molecule has 1 aliphatic heterocycles. The maximum absolute atomic E-state index is 12.6. The first kappa shape index (κ1) is 17.0. The lowest BCUT2D eigenvalue weighted by Crippen LogP contribution is -2.31. The molecule has 25 heavy (non-hydrogen) atoms. The lowest BCUT2D eigenvalue weighted by molar-refractivity contribution is 0.0689. The summed E-state index contributed by atoms with van der Waals surface area (Å²) in [6.45, 7) is 5.58. The standard InChI is InChI=1S/C19H17NO4S/c1-3-12-20-13-17(16-6-4-5-7-18(16)25(20,22)23)24-19(21)15-10-8-14(2)9-11-15/h3-11,13H,1,12H2,2H3. The SMILES string of the molecule is C=CCN1C=C(OC(=O)c2ccc(C)cc2)c2ccccc2S1(=O)=O. The van der Waals surface area contributed by atoms with Crippen LogP contribution < -0.4 is 0 Å². The summed E-state index contributed by atoms with van der Waals surface area (Å²) in [5.41, 5.74) is 1.79. The molecule has 0 unspecified atom stereocenters. The predicted molar refractivity (Wildman–Crippen MR) is 95.1 cm³/mol. The number of ether oxygens (including phenoxy) is 1. The van der Waals surface area contributed by atoms with Crippen LogP contribution in [-0.4, -0.2) is 25.2 Å². The number of carbonyl (C=O) groups is 1. The van der Waals surface area contributed by atoms with Crippen molar-refractivity contribution >= 4 is 21.8 Å². The van der Waals surface area contributed by atoms with Crippen molar-refractivity contribution in [1.82, 2.24) is 4.31 Å². The fourth-order valence-corrected chi connectivity index (χ4v) is 3.98. The third kappa shape index (κ3) is 3.21. The van der Waals surface area contributed by atoms with E-state index in [9.17, 15) is 13.2 Å². The van der Waals surface area contributed by atoms with Gasteiger partial charge in [-0.05, 0) is 31.2 Å². The molecule has 6 heteroatoms. The number of aryl methyl sites for hydroxylation is 1. The van der Waals surface area contributed by atoms with E-state index in [1.54, 1.807) is 30.3 Å². The Morgan fingerprint density at radius 1 is 1.16 bits per heavy atom. The van der Waals surface area contributed by atoms with Crippen molar-refractivity contribution in [2.75, 3.05) is 6.54 Å². The maximum Gasteiger partial charge on any atom is 0.343 e. The quantitative estimate of drug-likeness (QED) is 0.623. The van der Waals surface area contributed by atoms with Gasteiger partial charge in [-0.1, -0.05) is 35.9 Å². The molecule has 1 heterocycles. The van der Waals surface area contributed by atoms with E-state index >= 15 is 0 Å². The lowest BCUT2D eigenvalue weighted by Gasteiger charge is -2.26. The van der Waals surface area contributed by atoms with E-state index in [2.05, 4.69) is 6.58 Å². The van der Waals surface area contributed by atoms with Gasteiger partial charge in [0.1, 0.15) is 0 Å². The molecule has 0 bridgehead atoms. The summed E-state index contributed by atoms with van der Waals surface area (Å²) in [4.78, 5) is 12.5. The molecule has 3 rings (SSSR count). The number of fused-ring (bicyclic) bond motifs is 1. The Balaban J connectivity index is 2.00. The summed E-state index contributed by atoms with van der Waals surface area (Å²) in [5, 5.41) is 0. The number of carbonyl (C=O) groups excluding carboxylic acids is 1. The molecule has 0 saturated heterocycles. The van der Waals surface area contributed by atoms with Gasteiger partial charge in [-0.25, -0.2) is 13.2 Å². The summed E-state index contributed by atoms with van der Waals surface area (Å²) < 4.78 is 31.9. The molecule has 0 saturated carbocycles. The van der Waals surface area contributed by atoms with E-state index in [0.29, 0.717) is 11.1 Å². The van der Waals surface area contributed by atoms with Crippen LogP contribution in [0.2, 0.25) is 0 Å². The van der Waals surface area contributed by atoms with Gasteiger partial charge < -0.3 is 4.74 Å². The van der Waals surface area contributed by atoms with Gasteiger partial charge >= 0.3 is 5.97 Å². The van der Waals surface area contributed by atoms with Gasteiger partial charge in [0.2, 0.25) is 0 Å². The van der Waals surface area contributed by atoms with Crippen molar-refractivity contribution in [3.63, 3.8) is 0 Å². The molecule has 5 nitrogen and oxygen atoms in total. The van der Waals surface area contributed by atoms with E-state index in [1.807, 2.05) is 19.1 Å². The third-order valence-corrected chi connectivity index (χ3v) is 5.58. The van der Waals surface area contributed by atoms with Crippen LogP contribution in [0, 0.1) is 6.92 Å². The molecule has 2 aromatic rings. The monoisotopic (exact) mass is 355 g/mol. The smallest absolute Gasteiger partial charge is 0.343 e. The van der Waals surface area contributed by atoms with Gasteiger partial charge in [-0.2, -0.15) is 0 Å². The molecule has 0 spiro atoms. The van der Waals surface area contributed by atoms with Gasteiger partial charge in [0, 0.05) is 5.56 Å². The van der Waals surface area contributed by atoms with Gasteiger partial charge in [0.05, 0.1) is 23.2 Å². The summed E-state index contributed by atoms with van der Waals surface area (Å²) >= 11 is 0. The molecule has 0 aromatic heterocycles. The Hall–Kier alpha value is -2.86. The molecule has 128 valence electrons. The predicted octanol–water partition coefficient (Wildman–Crippen LogP) is 3.34. The molecule has 0 fully saturated rings. The highest BCUT2D eigenvalue weighted by molar-refractivity contribution is 7.89. The fraction of sp³-hybridized carbons (Fsp3) is 0.105. The Morgan fingerprint density at radius 3 is 2.52 bits per heavy atom. The number of hydrogen-bond donors (Lipinski definition) is 0. The molecule has 1 aliphatic rings. The number of esters is 1. The number of benzene rings is 2. The zero-order valence-electron chi connectivity index (χ0n) is 13.7. The molecular weight excluding hydrogens is 338 g/mol. The van der Waals surface area contributed by atoms with Crippen LogP contribution in [0.4, 0.5) is 0 Å². The Bertz CT molecular complexity index is 959. The minimum absolute atomic E-state index is 0.0856. The highest BCUT2D eigenvalue weighted by Gasteiger charge is 2.32. The normalized spacial score (nSPS) is 15.1. The van der Waals surface area contributed by atoms with Crippen molar-refractivity contribution in [2.24, 2.45) is 0 Å². The summed E-state index contributed by atoms with van der Waals surface area (Å²) in [5.74, 6) is -0.350.